The molecule has 0 fully saturated rings. The fraction of sp³-hybridized carbons (Fsp3) is 0.583. The third kappa shape index (κ3) is 4.87. The number of rotatable bonds is 8. The Morgan fingerprint density at radius 1 is 1.34 bits per heavy atom. The molecule has 2 unspecified atom stereocenters. The van der Waals surface area contributed by atoms with Crippen molar-refractivity contribution >= 4 is 43.8 Å². The minimum absolute atomic E-state index is 0.0507. The Bertz CT molecular complexity index is 1050. The van der Waals surface area contributed by atoms with Crippen LogP contribution in [0.1, 0.15) is 66.5 Å². The lowest BCUT2D eigenvalue weighted by atomic mass is 9.82. The van der Waals surface area contributed by atoms with Crippen LogP contribution < -0.4 is 16.4 Å². The van der Waals surface area contributed by atoms with Crippen molar-refractivity contribution < 1.29 is 4.79 Å². The number of thiazole rings is 1. The summed E-state index contributed by atoms with van der Waals surface area (Å²) < 4.78 is 0.944. The Morgan fingerprint density at radius 3 is 2.88 bits per heavy atom. The van der Waals surface area contributed by atoms with Crippen molar-refractivity contribution in [1.29, 1.82) is 0 Å². The van der Waals surface area contributed by atoms with Crippen LogP contribution in [0, 0.1) is 6.92 Å². The second-order valence-electron chi connectivity index (χ2n) is 9.04. The third-order valence-electron chi connectivity index (χ3n) is 6.70. The summed E-state index contributed by atoms with van der Waals surface area (Å²) in [7, 11) is 4.28. The van der Waals surface area contributed by atoms with Gasteiger partial charge < -0.3 is 21.3 Å². The number of nitrogens with one attached hydrogen (secondary N) is 2. The molecule has 2 aliphatic carbocycles. The summed E-state index contributed by atoms with van der Waals surface area (Å²) in [6.07, 6.45) is 9.93. The van der Waals surface area contributed by atoms with Gasteiger partial charge in [0.15, 0.2) is 0 Å². The van der Waals surface area contributed by atoms with E-state index in [0.29, 0.717) is 16.6 Å². The molecule has 2 aromatic rings. The van der Waals surface area contributed by atoms with Crippen molar-refractivity contribution in [3.05, 3.63) is 32.8 Å². The molecule has 0 saturated heterocycles. The van der Waals surface area contributed by atoms with Crippen LogP contribution in [0.2, 0.25) is 0 Å². The average molecular weight is 474 g/mol. The number of aryl methyl sites for hydroxylation is 1. The van der Waals surface area contributed by atoms with Crippen LogP contribution in [0.5, 0.6) is 0 Å². The van der Waals surface area contributed by atoms with E-state index in [9.17, 15) is 4.79 Å². The number of hydrogen-bond acceptors (Lipinski definition) is 7. The van der Waals surface area contributed by atoms with E-state index in [4.69, 9.17) is 5.73 Å². The molecule has 4 N–H and O–H groups in total. The van der Waals surface area contributed by atoms with Crippen LogP contribution in [0.25, 0.3) is 9.53 Å². The van der Waals surface area contributed by atoms with E-state index in [2.05, 4.69) is 47.6 Å². The fourth-order valence-electron chi connectivity index (χ4n) is 4.90. The van der Waals surface area contributed by atoms with Gasteiger partial charge in [-0.05, 0) is 64.1 Å². The van der Waals surface area contributed by atoms with Gasteiger partial charge in [0.05, 0.1) is 15.4 Å². The zero-order chi connectivity index (χ0) is 22.8. The molecule has 32 heavy (non-hydrogen) atoms. The predicted molar refractivity (Wildman–Crippen MR) is 136 cm³/mol. The van der Waals surface area contributed by atoms with Crippen LogP contribution in [0.3, 0.4) is 0 Å². The van der Waals surface area contributed by atoms with Crippen molar-refractivity contribution in [2.24, 2.45) is 0 Å². The summed E-state index contributed by atoms with van der Waals surface area (Å²) in [6.45, 7) is 5.26. The second-order valence-corrected chi connectivity index (χ2v) is 11.2. The smallest absolute Gasteiger partial charge is 0.263 e. The summed E-state index contributed by atoms with van der Waals surface area (Å²) in [5.41, 5.74) is 11.3. The lowest BCUT2D eigenvalue weighted by Gasteiger charge is -2.34. The number of hydrogen-bond donors (Lipinski definition) is 3. The molecule has 8 heteroatoms. The predicted octanol–water partition coefficient (Wildman–Crippen LogP) is 4.82. The number of anilines is 1. The number of carbonyl (C=O) groups is 1. The lowest BCUT2D eigenvalue weighted by Crippen LogP contribution is -2.38. The molecule has 2 aromatic heterocycles. The van der Waals surface area contributed by atoms with Crippen molar-refractivity contribution in [3.8, 4) is 0 Å². The van der Waals surface area contributed by atoms with Crippen LogP contribution in [0.4, 0.5) is 5.69 Å². The molecule has 6 nitrogen and oxygen atoms in total. The van der Waals surface area contributed by atoms with Gasteiger partial charge >= 0.3 is 0 Å². The lowest BCUT2D eigenvalue weighted by molar-refractivity contribution is 0.0938. The Hall–Kier alpha value is -1.90. The maximum Gasteiger partial charge on any atom is 0.263 e. The Morgan fingerprint density at radius 2 is 2.16 bits per heavy atom. The van der Waals surface area contributed by atoms with E-state index in [1.807, 2.05) is 6.92 Å². The molecule has 2 atom stereocenters. The number of carbonyl (C=O) groups excluding carboxylic acids is 1. The van der Waals surface area contributed by atoms with Crippen LogP contribution in [-0.4, -0.2) is 48.5 Å². The summed E-state index contributed by atoms with van der Waals surface area (Å²) in [5, 5.41) is 7.68. The van der Waals surface area contributed by atoms with Gasteiger partial charge in [-0.3, -0.25) is 4.79 Å². The highest BCUT2D eigenvalue weighted by Gasteiger charge is 2.27. The first kappa shape index (κ1) is 23.3. The van der Waals surface area contributed by atoms with Gasteiger partial charge in [0.2, 0.25) is 0 Å². The number of thiophene rings is 1. The SMILES string of the molecule is CCCC(CN(C)C1=CC2=C(CC1)CC(NC(=O)c1sc3nc(C)sc3c1N)CC2)NC. The summed E-state index contributed by atoms with van der Waals surface area (Å²) in [4.78, 5) is 21.3. The molecule has 1 amide bonds. The zero-order valence-electron chi connectivity index (χ0n) is 19.6. The van der Waals surface area contributed by atoms with Gasteiger partial charge in [0.25, 0.3) is 5.91 Å². The van der Waals surface area contributed by atoms with E-state index in [-0.39, 0.29) is 11.9 Å². The van der Waals surface area contributed by atoms with Gasteiger partial charge in [-0.25, -0.2) is 4.98 Å². The third-order valence-corrected chi connectivity index (χ3v) is 8.93. The molecule has 0 bridgehead atoms. The molecule has 0 aliphatic heterocycles. The molecule has 0 saturated carbocycles. The van der Waals surface area contributed by atoms with Gasteiger partial charge in [-0.1, -0.05) is 18.9 Å². The molecular weight excluding hydrogens is 438 g/mol. The largest absolute Gasteiger partial charge is 0.396 e. The van der Waals surface area contributed by atoms with Crippen LogP contribution >= 0.6 is 22.7 Å². The highest BCUT2D eigenvalue weighted by atomic mass is 32.1. The normalized spacial score (nSPS) is 19.6. The van der Waals surface area contributed by atoms with E-state index >= 15 is 0 Å². The fourth-order valence-corrected chi connectivity index (χ4v) is 6.99. The van der Waals surface area contributed by atoms with Crippen molar-refractivity contribution in [3.63, 3.8) is 0 Å². The van der Waals surface area contributed by atoms with E-state index in [1.54, 1.807) is 11.3 Å². The maximum absolute atomic E-state index is 12.9. The number of fused-ring (bicyclic) bond motifs is 1. The number of allylic oxidation sites excluding steroid dienone is 3. The average Bonchev–Trinajstić information content (AvgIpc) is 3.29. The minimum atomic E-state index is -0.0507. The first-order valence-electron chi connectivity index (χ1n) is 11.7. The van der Waals surface area contributed by atoms with E-state index in [0.717, 1.165) is 53.2 Å². The minimum Gasteiger partial charge on any atom is -0.396 e. The standard InChI is InChI=1S/C24H35N5OS2/c1-5-6-18(26-3)13-29(4)19-10-8-15-11-17(9-7-16(15)12-19)28-23(30)21-20(25)22-24(32-21)27-14(2)31-22/h12,17-18,26H,5-11,13,25H2,1-4H3,(H,28,30). The first-order valence-corrected chi connectivity index (χ1v) is 13.3. The monoisotopic (exact) mass is 473 g/mol. The zero-order valence-corrected chi connectivity index (χ0v) is 21.2. The van der Waals surface area contributed by atoms with Crippen LogP contribution in [-0.2, 0) is 0 Å². The molecule has 0 spiro atoms. The van der Waals surface area contributed by atoms with E-state index < -0.39 is 0 Å². The maximum atomic E-state index is 12.9. The summed E-state index contributed by atoms with van der Waals surface area (Å²) in [5.74, 6) is -0.0507. The highest BCUT2D eigenvalue weighted by molar-refractivity contribution is 7.29. The molecule has 174 valence electrons. The number of amides is 1. The number of aromatic nitrogens is 1. The second kappa shape index (κ2) is 9.93. The Balaban J connectivity index is 1.39. The van der Waals surface area contributed by atoms with Crippen molar-refractivity contribution in [1.82, 2.24) is 20.5 Å². The topological polar surface area (TPSA) is 83.3 Å². The number of nitrogen functional groups attached to an aromatic ring is 1. The van der Waals surface area contributed by atoms with Crippen molar-refractivity contribution in [2.75, 3.05) is 26.4 Å². The summed E-state index contributed by atoms with van der Waals surface area (Å²) >= 11 is 2.97. The Kier molecular flexibility index (Phi) is 7.22. The van der Waals surface area contributed by atoms with Gasteiger partial charge in [-0.2, -0.15) is 0 Å². The first-order chi connectivity index (χ1) is 15.4. The molecule has 4 rings (SSSR count). The van der Waals surface area contributed by atoms with Gasteiger partial charge in [-0.15, -0.1) is 22.7 Å². The van der Waals surface area contributed by atoms with Gasteiger partial charge in [0.1, 0.15) is 9.71 Å². The van der Waals surface area contributed by atoms with Gasteiger partial charge in [0, 0.05) is 31.4 Å². The molecule has 0 aromatic carbocycles. The van der Waals surface area contributed by atoms with Crippen molar-refractivity contribution in [2.45, 2.75) is 70.9 Å². The molecule has 2 aliphatic rings. The molecule has 2 heterocycles. The number of nitrogens with zero attached hydrogens (tertiary/aromatic N) is 2. The highest BCUT2D eigenvalue weighted by Crippen LogP contribution is 2.38. The number of likely N-dealkylation sites (N-methyl/N-ethyl adjacent to an activating group) is 2. The van der Waals surface area contributed by atoms with Crippen LogP contribution in [0.15, 0.2) is 22.9 Å². The van der Waals surface area contributed by atoms with E-state index in [1.165, 1.54) is 41.0 Å². The molecule has 0 radical (unpaired) electrons. The molecular formula is C24H35N5OS2. The Labute approximate surface area is 199 Å². The quantitative estimate of drug-likeness (QED) is 0.512. The summed E-state index contributed by atoms with van der Waals surface area (Å²) in [6, 6.07) is 0.715. The number of nitrogens with two attached hydrogens (primary N) is 1.